The van der Waals surface area contributed by atoms with Gasteiger partial charge in [-0.15, -0.1) is 0 Å². The van der Waals surface area contributed by atoms with E-state index in [2.05, 4.69) is 45.0 Å². The van der Waals surface area contributed by atoms with Crippen molar-refractivity contribution >= 4 is 28.4 Å². The molecule has 1 aromatic heterocycles. The number of alkyl halides is 1. The van der Waals surface area contributed by atoms with Gasteiger partial charge in [-0.3, -0.25) is 0 Å². The van der Waals surface area contributed by atoms with Crippen LogP contribution < -0.4 is 5.32 Å². The second-order valence-corrected chi connectivity index (χ2v) is 3.73. The molecule has 0 aliphatic carbocycles. The van der Waals surface area contributed by atoms with Gasteiger partial charge in [-0.25, -0.2) is 4.98 Å². The number of halogens is 1. The molecule has 1 heterocycles. The summed E-state index contributed by atoms with van der Waals surface area (Å²) in [4.78, 5) is 4.40. The number of pyridine rings is 1. The van der Waals surface area contributed by atoms with Gasteiger partial charge in [0, 0.05) is 17.2 Å². The van der Waals surface area contributed by atoms with Crippen LogP contribution in [0.5, 0.6) is 0 Å². The molecule has 0 saturated heterocycles. The van der Waals surface area contributed by atoms with E-state index in [1.54, 1.807) is 0 Å². The minimum Gasteiger partial charge on any atom is -0.373 e. The summed E-state index contributed by atoms with van der Waals surface area (Å²) in [6.45, 7) is 2.01. The third-order valence-corrected chi connectivity index (χ3v) is 2.26. The highest BCUT2D eigenvalue weighted by atomic mass is 127. The van der Waals surface area contributed by atoms with Crippen LogP contribution in [0, 0.1) is 6.92 Å². The molecule has 1 N–H and O–H groups in total. The molecule has 3 heteroatoms. The standard InChI is InChI=1S/C9H13IN2/c1-7-3-4-8(5-6-10)9(11-2)12-7/h3-4H,5-6H2,1-2H3,(H,11,12). The summed E-state index contributed by atoms with van der Waals surface area (Å²) in [7, 11) is 1.92. The van der Waals surface area contributed by atoms with Gasteiger partial charge in [-0.05, 0) is 25.0 Å². The smallest absolute Gasteiger partial charge is 0.129 e. The van der Waals surface area contributed by atoms with Gasteiger partial charge in [0.25, 0.3) is 0 Å². The zero-order valence-electron chi connectivity index (χ0n) is 7.39. The molecular formula is C9H13IN2. The van der Waals surface area contributed by atoms with Crippen LogP contribution in [-0.2, 0) is 6.42 Å². The first kappa shape index (κ1) is 9.77. The van der Waals surface area contributed by atoms with Crippen LogP contribution in [0.25, 0.3) is 0 Å². The van der Waals surface area contributed by atoms with Crippen molar-refractivity contribution < 1.29 is 0 Å². The van der Waals surface area contributed by atoms with Gasteiger partial charge in [-0.1, -0.05) is 28.7 Å². The Morgan fingerprint density at radius 1 is 1.50 bits per heavy atom. The van der Waals surface area contributed by atoms with E-state index in [1.807, 2.05) is 14.0 Å². The van der Waals surface area contributed by atoms with Crippen molar-refractivity contribution in [3.8, 4) is 0 Å². The van der Waals surface area contributed by atoms with Crippen LogP contribution in [0.4, 0.5) is 5.82 Å². The number of nitrogens with zero attached hydrogens (tertiary/aromatic N) is 1. The molecule has 0 atom stereocenters. The number of nitrogens with one attached hydrogen (secondary N) is 1. The maximum absolute atomic E-state index is 4.40. The highest BCUT2D eigenvalue weighted by molar-refractivity contribution is 14.1. The van der Waals surface area contributed by atoms with Crippen molar-refractivity contribution in [1.82, 2.24) is 4.98 Å². The number of anilines is 1. The molecule has 0 fully saturated rings. The predicted molar refractivity (Wildman–Crippen MR) is 61.1 cm³/mol. The molecule has 0 aromatic carbocycles. The number of hydrogen-bond donors (Lipinski definition) is 1. The summed E-state index contributed by atoms with van der Waals surface area (Å²) in [5, 5.41) is 3.11. The molecule has 0 aliphatic heterocycles. The summed E-state index contributed by atoms with van der Waals surface area (Å²) in [6.07, 6.45) is 1.09. The van der Waals surface area contributed by atoms with Crippen LogP contribution >= 0.6 is 22.6 Å². The molecule has 1 aromatic rings. The van der Waals surface area contributed by atoms with Crippen LogP contribution in [0.3, 0.4) is 0 Å². The fraction of sp³-hybridized carbons (Fsp3) is 0.444. The van der Waals surface area contributed by atoms with E-state index in [0.29, 0.717) is 0 Å². The van der Waals surface area contributed by atoms with E-state index in [-0.39, 0.29) is 0 Å². The summed E-state index contributed by atoms with van der Waals surface area (Å²) in [5.74, 6) is 1.02. The quantitative estimate of drug-likeness (QED) is 0.677. The lowest BCUT2D eigenvalue weighted by Crippen LogP contribution is -2.00. The summed E-state index contributed by atoms with van der Waals surface area (Å²) >= 11 is 2.38. The van der Waals surface area contributed by atoms with E-state index >= 15 is 0 Å². The lowest BCUT2D eigenvalue weighted by molar-refractivity contribution is 1.09. The molecule has 0 aliphatic rings. The molecule has 2 nitrogen and oxygen atoms in total. The van der Waals surface area contributed by atoms with Gasteiger partial charge in [-0.2, -0.15) is 0 Å². The molecule has 0 saturated carbocycles. The highest BCUT2D eigenvalue weighted by Crippen LogP contribution is 2.13. The third-order valence-electron chi connectivity index (χ3n) is 1.72. The molecule has 0 radical (unpaired) electrons. The van der Waals surface area contributed by atoms with Crippen LogP contribution in [0.1, 0.15) is 11.3 Å². The first-order chi connectivity index (χ1) is 5.77. The van der Waals surface area contributed by atoms with Crippen molar-refractivity contribution in [3.63, 3.8) is 0 Å². The Bertz CT molecular complexity index is 261. The van der Waals surface area contributed by atoms with Gasteiger partial charge >= 0.3 is 0 Å². The van der Waals surface area contributed by atoms with Gasteiger partial charge in [0.1, 0.15) is 5.82 Å². The maximum Gasteiger partial charge on any atom is 0.129 e. The molecule has 0 amide bonds. The normalized spacial score (nSPS) is 9.92. The largest absolute Gasteiger partial charge is 0.373 e. The fourth-order valence-corrected chi connectivity index (χ4v) is 1.69. The summed E-state index contributed by atoms with van der Waals surface area (Å²) in [5.41, 5.74) is 2.37. The Labute approximate surface area is 86.9 Å². The predicted octanol–water partition coefficient (Wildman–Crippen LogP) is 2.41. The van der Waals surface area contributed by atoms with Crippen molar-refractivity contribution in [2.24, 2.45) is 0 Å². The van der Waals surface area contributed by atoms with Crippen molar-refractivity contribution in [2.75, 3.05) is 16.8 Å². The van der Waals surface area contributed by atoms with E-state index in [4.69, 9.17) is 0 Å². The lowest BCUT2D eigenvalue weighted by atomic mass is 10.2. The fourth-order valence-electron chi connectivity index (χ4n) is 1.11. The Balaban J connectivity index is 2.94. The first-order valence-corrected chi connectivity index (χ1v) is 5.50. The molecule has 1 rings (SSSR count). The zero-order chi connectivity index (χ0) is 8.97. The molecule has 12 heavy (non-hydrogen) atoms. The number of rotatable bonds is 3. The molecular weight excluding hydrogens is 263 g/mol. The monoisotopic (exact) mass is 276 g/mol. The van der Waals surface area contributed by atoms with Gasteiger partial charge in [0.15, 0.2) is 0 Å². The topological polar surface area (TPSA) is 24.9 Å². The van der Waals surface area contributed by atoms with Crippen molar-refractivity contribution in [1.29, 1.82) is 0 Å². The first-order valence-electron chi connectivity index (χ1n) is 3.98. The molecule has 66 valence electrons. The Morgan fingerprint density at radius 2 is 2.25 bits per heavy atom. The van der Waals surface area contributed by atoms with Crippen molar-refractivity contribution in [2.45, 2.75) is 13.3 Å². The summed E-state index contributed by atoms with van der Waals surface area (Å²) < 4.78 is 1.14. The van der Waals surface area contributed by atoms with E-state index in [9.17, 15) is 0 Å². The van der Waals surface area contributed by atoms with Crippen LogP contribution in [-0.4, -0.2) is 16.5 Å². The van der Waals surface area contributed by atoms with E-state index in [1.165, 1.54) is 5.56 Å². The Morgan fingerprint density at radius 3 is 2.83 bits per heavy atom. The third kappa shape index (κ3) is 2.33. The molecule has 0 spiro atoms. The second-order valence-electron chi connectivity index (χ2n) is 2.65. The van der Waals surface area contributed by atoms with Crippen molar-refractivity contribution in [3.05, 3.63) is 23.4 Å². The van der Waals surface area contributed by atoms with Crippen LogP contribution in [0.15, 0.2) is 12.1 Å². The highest BCUT2D eigenvalue weighted by Gasteiger charge is 2.00. The van der Waals surface area contributed by atoms with Gasteiger partial charge in [0.05, 0.1) is 0 Å². The zero-order valence-corrected chi connectivity index (χ0v) is 9.55. The minimum atomic E-state index is 1.02. The molecule has 0 unspecified atom stereocenters. The number of aromatic nitrogens is 1. The van der Waals surface area contributed by atoms with Gasteiger partial charge < -0.3 is 5.32 Å². The molecule has 0 bridgehead atoms. The Kier molecular flexibility index (Phi) is 3.78. The second kappa shape index (κ2) is 4.64. The number of aryl methyl sites for hydroxylation is 2. The van der Waals surface area contributed by atoms with E-state index < -0.39 is 0 Å². The Hall–Kier alpha value is -0.320. The van der Waals surface area contributed by atoms with Gasteiger partial charge in [0.2, 0.25) is 0 Å². The average Bonchev–Trinajstić information content (AvgIpc) is 2.08. The lowest BCUT2D eigenvalue weighted by Gasteiger charge is -2.06. The number of hydrogen-bond acceptors (Lipinski definition) is 2. The SMILES string of the molecule is CNc1nc(C)ccc1CCI. The minimum absolute atomic E-state index is 1.02. The summed E-state index contributed by atoms with van der Waals surface area (Å²) in [6, 6.07) is 4.20. The van der Waals surface area contributed by atoms with Crippen LogP contribution in [0.2, 0.25) is 0 Å². The average molecular weight is 276 g/mol. The maximum atomic E-state index is 4.40. The van der Waals surface area contributed by atoms with E-state index in [0.717, 1.165) is 22.4 Å².